The fourth-order valence-corrected chi connectivity index (χ4v) is 2.93. The van der Waals surface area contributed by atoms with E-state index in [1.807, 2.05) is 19.0 Å². The number of β-amino-alcohol motifs (C(OH)–C–C–N with tert-alkyl or cyclic N) is 1. The molecular weight excluding hydrogens is 358 g/mol. The molecule has 9 heteroatoms. The maximum Gasteiger partial charge on any atom is 1.00 e. The summed E-state index contributed by atoms with van der Waals surface area (Å²) in [5.41, 5.74) is 0. The Bertz CT molecular complexity index is 362. The molecule has 2 fully saturated rings. The Morgan fingerprint density at radius 1 is 1.04 bits per heavy atom. The van der Waals surface area contributed by atoms with Gasteiger partial charge in [-0.3, -0.25) is 9.69 Å². The Hall–Kier alpha value is 0.495. The summed E-state index contributed by atoms with van der Waals surface area (Å²) in [5.74, 6) is 0.326. The summed E-state index contributed by atoms with van der Waals surface area (Å²) in [5, 5.41) is 16.9. The molecule has 2 heterocycles. The molecule has 7 nitrogen and oxygen atoms in total. The number of carbonyl (C=O) groups excluding carboxylic acids is 1. The summed E-state index contributed by atoms with van der Waals surface area (Å²) >= 11 is 0. The van der Waals surface area contributed by atoms with Crippen LogP contribution in [0.25, 0.3) is 0 Å². The van der Waals surface area contributed by atoms with Crippen LogP contribution < -0.4 is 29.6 Å². The van der Waals surface area contributed by atoms with Gasteiger partial charge in [-0.05, 0) is 40.3 Å². The molecule has 0 amide bonds. The number of hydrogen-bond donors (Lipinski definition) is 2. The van der Waals surface area contributed by atoms with Gasteiger partial charge in [-0.25, -0.2) is 0 Å². The van der Waals surface area contributed by atoms with Gasteiger partial charge in [0.1, 0.15) is 5.78 Å². The summed E-state index contributed by atoms with van der Waals surface area (Å²) < 4.78 is 10.4. The van der Waals surface area contributed by atoms with E-state index >= 15 is 0 Å². The minimum absolute atomic E-state index is 0. The van der Waals surface area contributed by atoms with Crippen LogP contribution in [0.4, 0.5) is 0 Å². The molecule has 2 aliphatic heterocycles. The van der Waals surface area contributed by atoms with E-state index in [9.17, 15) is 9.90 Å². The van der Waals surface area contributed by atoms with Crippen LogP contribution in [-0.2, 0) is 14.3 Å². The van der Waals surface area contributed by atoms with Crippen molar-refractivity contribution in [2.24, 2.45) is 0 Å². The molecule has 27 heavy (non-hydrogen) atoms. The van der Waals surface area contributed by atoms with Crippen LogP contribution in [0.5, 0.6) is 0 Å². The largest absolute Gasteiger partial charge is 1.00 e. The number of hydrogen-bond acceptors (Lipinski definition) is 7. The number of likely N-dealkylation sites (N-methyl/N-ethyl adjacent to an activating group) is 2. The minimum atomic E-state index is -0.167. The summed E-state index contributed by atoms with van der Waals surface area (Å²) in [7, 11) is 7.40. The van der Waals surface area contributed by atoms with Crippen LogP contribution >= 0.6 is 0 Å². The van der Waals surface area contributed by atoms with E-state index in [1.165, 1.54) is 0 Å². The van der Waals surface area contributed by atoms with Gasteiger partial charge in [-0.15, -0.1) is 0 Å². The van der Waals surface area contributed by atoms with Gasteiger partial charge in [0.2, 0.25) is 0 Å². The average Bonchev–Trinajstić information content (AvgIpc) is 2.82. The predicted molar refractivity (Wildman–Crippen MR) is 106 cm³/mol. The van der Waals surface area contributed by atoms with Crippen molar-refractivity contribution in [1.29, 1.82) is 0 Å². The summed E-state index contributed by atoms with van der Waals surface area (Å²) in [4.78, 5) is 15.2. The number of nitrogens with zero attached hydrogens (tertiary/aromatic N) is 2. The van der Waals surface area contributed by atoms with Crippen molar-refractivity contribution < 1.29 is 55.5 Å². The molecule has 0 spiro atoms. The van der Waals surface area contributed by atoms with Gasteiger partial charge in [-0.2, -0.15) is 0 Å². The molecule has 0 saturated carbocycles. The van der Waals surface area contributed by atoms with E-state index in [1.54, 1.807) is 21.1 Å². The molecule has 2 saturated heterocycles. The zero-order valence-corrected chi connectivity index (χ0v) is 20.2. The van der Waals surface area contributed by atoms with Gasteiger partial charge in [0.25, 0.3) is 0 Å². The monoisotopic (exact) mass is 397 g/mol. The second-order valence-corrected chi connectivity index (χ2v) is 6.76. The van der Waals surface area contributed by atoms with Crippen LogP contribution in [0.3, 0.4) is 0 Å². The van der Waals surface area contributed by atoms with Crippen LogP contribution in [0.15, 0.2) is 0 Å². The third kappa shape index (κ3) is 17.1. The molecule has 3 radical (unpaired) electrons. The number of Topliss-reactive ketones (excluding diaryl/α,β-unsaturated/α-hetero) is 1. The summed E-state index contributed by atoms with van der Waals surface area (Å²) in [6.45, 7) is 5.11. The van der Waals surface area contributed by atoms with E-state index in [0.717, 1.165) is 38.9 Å². The van der Waals surface area contributed by atoms with Gasteiger partial charge < -0.3 is 26.0 Å². The van der Waals surface area contributed by atoms with Crippen molar-refractivity contribution in [3.05, 3.63) is 0 Å². The summed E-state index contributed by atoms with van der Waals surface area (Å²) in [6, 6.07) is 0. The van der Waals surface area contributed by atoms with Gasteiger partial charge in [0.05, 0.1) is 24.9 Å². The number of likely N-dealkylation sites (tertiary alicyclic amines) is 2. The fourth-order valence-electron chi connectivity index (χ4n) is 2.93. The molecule has 155 valence electrons. The first-order valence-corrected chi connectivity index (χ1v) is 9.09. The van der Waals surface area contributed by atoms with E-state index in [0.29, 0.717) is 24.9 Å². The van der Waals surface area contributed by atoms with Crippen molar-refractivity contribution in [3.63, 3.8) is 0 Å². The van der Waals surface area contributed by atoms with Crippen molar-refractivity contribution in [2.45, 2.75) is 50.9 Å². The second kappa shape index (κ2) is 19.8. The van der Waals surface area contributed by atoms with Crippen molar-refractivity contribution in [1.82, 2.24) is 9.80 Å². The van der Waals surface area contributed by atoms with E-state index in [-0.39, 0.29) is 58.2 Å². The zero-order chi connectivity index (χ0) is 19.2. The van der Waals surface area contributed by atoms with Crippen molar-refractivity contribution >= 4 is 14.2 Å². The first-order chi connectivity index (χ1) is 11.9. The fraction of sp³-hybridized carbons (Fsp3) is 0.944. The van der Waals surface area contributed by atoms with Gasteiger partial charge in [0, 0.05) is 55.3 Å². The maximum atomic E-state index is 11.1. The van der Waals surface area contributed by atoms with E-state index in [2.05, 4.69) is 4.90 Å². The second-order valence-electron chi connectivity index (χ2n) is 6.76. The van der Waals surface area contributed by atoms with Gasteiger partial charge >= 0.3 is 29.6 Å². The molecular formula is C18H39BN2NaO5. The molecule has 3 unspecified atom stereocenters. The number of rotatable bonds is 2. The molecule has 2 aliphatic rings. The number of ketones is 1. The minimum Gasteiger partial charge on any atom is -1.00 e. The average molecular weight is 397 g/mol. The van der Waals surface area contributed by atoms with Crippen LogP contribution in [-0.4, -0.2) is 114 Å². The third-order valence-corrected chi connectivity index (χ3v) is 4.23. The molecule has 2 rings (SSSR count). The van der Waals surface area contributed by atoms with E-state index < -0.39 is 0 Å². The Labute approximate surface area is 191 Å². The van der Waals surface area contributed by atoms with Crippen LogP contribution in [0.1, 0.15) is 34.0 Å². The predicted octanol–water partition coefficient (Wildman–Crippen LogP) is -2.88. The van der Waals surface area contributed by atoms with E-state index in [4.69, 9.17) is 14.6 Å². The molecule has 0 aromatic heterocycles. The van der Waals surface area contributed by atoms with Gasteiger partial charge in [0.15, 0.2) is 0 Å². The standard InChI is InChI=1S/C8H17NO2.C8H15NO2.C2H6O.B.Na.H/c2*1-9-5-7(10)3-4-8(6-9)11-2;1-2-3;;;/h7-8,10H,3-6H2,1-2H3;8H,3-6H2,1-2H3;3H,2H2,1H3;;;/q;;;;+1;-1. The van der Waals surface area contributed by atoms with Gasteiger partial charge in [-0.1, -0.05) is 0 Å². The number of carbonyl (C=O) groups is 1. The van der Waals surface area contributed by atoms with Crippen molar-refractivity contribution in [2.75, 3.05) is 61.1 Å². The SMILES string of the molecule is CCO.COC1CCC(=O)CN(C)C1.COC1CCC(O)CN(C)C1.[B].[H-].[Na+]. The Kier molecular flexibility index (Phi) is 23.6. The Morgan fingerprint density at radius 3 is 2.04 bits per heavy atom. The van der Waals surface area contributed by atoms with Crippen LogP contribution in [0.2, 0.25) is 0 Å². The molecule has 0 bridgehead atoms. The first-order valence-electron chi connectivity index (χ1n) is 9.09. The molecule has 0 aromatic carbocycles. The topological polar surface area (TPSA) is 82.5 Å². The third-order valence-electron chi connectivity index (χ3n) is 4.23. The maximum absolute atomic E-state index is 11.1. The first kappa shape index (κ1) is 32.2. The molecule has 3 atom stereocenters. The molecule has 0 aromatic rings. The number of methoxy groups -OCH3 is 2. The zero-order valence-electron chi connectivity index (χ0n) is 19.2. The Morgan fingerprint density at radius 2 is 1.52 bits per heavy atom. The number of aliphatic hydroxyl groups is 2. The molecule has 2 N–H and O–H groups in total. The quantitative estimate of drug-likeness (QED) is 0.485. The summed E-state index contributed by atoms with van der Waals surface area (Å²) in [6.07, 6.45) is 3.76. The van der Waals surface area contributed by atoms with Crippen molar-refractivity contribution in [3.8, 4) is 0 Å². The number of aliphatic hydroxyl groups excluding tert-OH is 2. The normalized spacial score (nSPS) is 26.6. The number of ether oxygens (including phenoxy) is 2. The molecule has 0 aliphatic carbocycles. The Balaban J connectivity index is -0.000000165. The smallest absolute Gasteiger partial charge is 1.00 e. The van der Waals surface area contributed by atoms with Crippen LogP contribution in [0, 0.1) is 0 Å².